The second kappa shape index (κ2) is 8.43. The Morgan fingerprint density at radius 2 is 1.81 bits per heavy atom. The van der Waals surface area contributed by atoms with Crippen LogP contribution in [0.25, 0.3) is 22.2 Å². The number of benzene rings is 3. The van der Waals surface area contributed by atoms with Crippen molar-refractivity contribution in [1.29, 1.82) is 0 Å². The van der Waals surface area contributed by atoms with Crippen LogP contribution in [0.5, 0.6) is 0 Å². The van der Waals surface area contributed by atoms with Crippen molar-refractivity contribution in [2.24, 2.45) is 0 Å². The molecule has 0 fully saturated rings. The summed E-state index contributed by atoms with van der Waals surface area (Å²) in [5.41, 5.74) is 2.29. The van der Waals surface area contributed by atoms with E-state index in [1.165, 1.54) is 0 Å². The molecule has 0 unspecified atom stereocenters. The van der Waals surface area contributed by atoms with Crippen molar-refractivity contribution in [2.45, 2.75) is 19.4 Å². The monoisotopic (exact) mass is 446 g/mol. The van der Waals surface area contributed by atoms with Gasteiger partial charge in [0, 0.05) is 29.5 Å². The van der Waals surface area contributed by atoms with Gasteiger partial charge in [-0.3, -0.25) is 9.59 Å². The minimum atomic E-state index is -0.148. The van der Waals surface area contributed by atoms with Gasteiger partial charge in [0.15, 0.2) is 0 Å². The molecule has 3 aromatic carbocycles. The maximum atomic E-state index is 12.8. The lowest BCUT2D eigenvalue weighted by molar-refractivity contribution is -0.121. The fraction of sp³-hybridized carbons (Fsp3) is 0.167. The molecule has 8 heteroatoms. The Labute approximate surface area is 189 Å². The molecule has 2 heterocycles. The van der Waals surface area contributed by atoms with E-state index in [-0.39, 0.29) is 24.8 Å². The van der Waals surface area contributed by atoms with Crippen LogP contribution in [0.15, 0.2) is 65.2 Å². The second-order valence-corrected chi connectivity index (χ2v) is 7.92. The molecule has 0 atom stereocenters. The van der Waals surface area contributed by atoms with Crippen LogP contribution in [0.4, 0.5) is 5.69 Å². The fourth-order valence-electron chi connectivity index (χ4n) is 3.94. The number of nitrogens with zero attached hydrogens (tertiary/aromatic N) is 3. The molecule has 4 aromatic rings. The number of anilines is 1. The first kappa shape index (κ1) is 20.2. The van der Waals surface area contributed by atoms with Gasteiger partial charge < -0.3 is 14.7 Å². The normalized spacial score (nSPS) is 12.5. The van der Waals surface area contributed by atoms with Crippen molar-refractivity contribution in [3.8, 4) is 11.4 Å². The summed E-state index contributed by atoms with van der Waals surface area (Å²) in [6, 6.07) is 18.8. The zero-order valence-electron chi connectivity index (χ0n) is 17.0. The number of carbonyl (C=O) groups is 2. The van der Waals surface area contributed by atoms with E-state index in [1.54, 1.807) is 17.0 Å². The lowest BCUT2D eigenvalue weighted by atomic mass is 10.1. The van der Waals surface area contributed by atoms with E-state index < -0.39 is 0 Å². The van der Waals surface area contributed by atoms with Crippen LogP contribution in [-0.2, 0) is 11.3 Å². The number of amides is 2. The number of halogens is 1. The first-order valence-corrected chi connectivity index (χ1v) is 10.7. The van der Waals surface area contributed by atoms with Gasteiger partial charge in [0.25, 0.3) is 5.91 Å². The molecule has 160 valence electrons. The molecular weight excluding hydrogens is 428 g/mol. The van der Waals surface area contributed by atoms with Gasteiger partial charge in [0.1, 0.15) is 0 Å². The molecule has 0 aliphatic carbocycles. The van der Waals surface area contributed by atoms with E-state index in [1.807, 2.05) is 48.5 Å². The highest BCUT2D eigenvalue weighted by atomic mass is 35.5. The van der Waals surface area contributed by atoms with Crippen molar-refractivity contribution >= 4 is 39.9 Å². The number of hydrogen-bond donors (Lipinski definition) is 1. The summed E-state index contributed by atoms with van der Waals surface area (Å²) in [5, 5.41) is 9.25. The highest BCUT2D eigenvalue weighted by Crippen LogP contribution is 2.37. The number of rotatable bonds is 7. The average molecular weight is 447 g/mol. The Balaban J connectivity index is 1.15. The third-order valence-electron chi connectivity index (χ3n) is 5.45. The van der Waals surface area contributed by atoms with Gasteiger partial charge in [0.05, 0.1) is 17.3 Å². The van der Waals surface area contributed by atoms with Gasteiger partial charge in [-0.15, -0.1) is 0 Å². The van der Waals surface area contributed by atoms with E-state index in [9.17, 15) is 9.59 Å². The third kappa shape index (κ3) is 3.71. The smallest absolute Gasteiger partial charge is 0.258 e. The van der Waals surface area contributed by atoms with Gasteiger partial charge in [-0.05, 0) is 36.1 Å². The van der Waals surface area contributed by atoms with Gasteiger partial charge >= 0.3 is 0 Å². The number of aromatic nitrogens is 2. The third-order valence-corrected chi connectivity index (χ3v) is 5.78. The molecule has 0 spiro atoms. The molecule has 2 amide bonds. The summed E-state index contributed by atoms with van der Waals surface area (Å²) in [6.45, 7) is 0.598. The molecule has 0 radical (unpaired) electrons. The second-order valence-electron chi connectivity index (χ2n) is 7.51. The summed E-state index contributed by atoms with van der Waals surface area (Å²) < 4.78 is 5.21. The van der Waals surface area contributed by atoms with E-state index >= 15 is 0 Å². The van der Waals surface area contributed by atoms with Gasteiger partial charge in [-0.1, -0.05) is 53.2 Å². The number of hydrogen-bond acceptors (Lipinski definition) is 5. The van der Waals surface area contributed by atoms with E-state index in [4.69, 9.17) is 16.1 Å². The predicted molar refractivity (Wildman–Crippen MR) is 121 cm³/mol. The lowest BCUT2D eigenvalue weighted by Crippen LogP contribution is -2.29. The Morgan fingerprint density at radius 3 is 2.66 bits per heavy atom. The number of nitrogens with one attached hydrogen (secondary N) is 1. The van der Waals surface area contributed by atoms with Crippen LogP contribution in [0.1, 0.15) is 29.1 Å². The molecule has 32 heavy (non-hydrogen) atoms. The van der Waals surface area contributed by atoms with Crippen LogP contribution in [0, 0.1) is 0 Å². The zero-order valence-corrected chi connectivity index (χ0v) is 17.8. The Hall–Kier alpha value is -3.71. The Morgan fingerprint density at radius 1 is 1.03 bits per heavy atom. The Bertz CT molecular complexity index is 1330. The van der Waals surface area contributed by atoms with Crippen LogP contribution in [-0.4, -0.2) is 28.5 Å². The molecule has 1 aromatic heterocycles. The van der Waals surface area contributed by atoms with Gasteiger partial charge in [-0.2, -0.15) is 4.98 Å². The molecule has 1 N–H and O–H groups in total. The maximum absolute atomic E-state index is 12.8. The molecule has 1 aliphatic heterocycles. The van der Waals surface area contributed by atoms with Gasteiger partial charge in [-0.25, -0.2) is 0 Å². The quantitative estimate of drug-likeness (QED) is 0.448. The molecule has 7 nitrogen and oxygen atoms in total. The van der Waals surface area contributed by atoms with Crippen molar-refractivity contribution in [2.75, 3.05) is 11.4 Å². The molecular formula is C24H19ClN4O3. The standard InChI is InChI=1S/C24H19ClN4O3/c25-18-10-2-1-8-16(18)23-27-21(32-28-23)14-26-20(30)12-5-13-29-19-11-4-7-15-6-3-9-17(22(15)19)24(29)31/h1-4,6-11H,5,12-14H2,(H,26,30). The predicted octanol–water partition coefficient (Wildman–Crippen LogP) is 4.60. The first-order chi connectivity index (χ1) is 15.6. The molecule has 1 aliphatic rings. The largest absolute Gasteiger partial charge is 0.347 e. The molecule has 5 rings (SSSR count). The summed E-state index contributed by atoms with van der Waals surface area (Å²) in [7, 11) is 0. The van der Waals surface area contributed by atoms with Crippen molar-refractivity contribution in [1.82, 2.24) is 15.5 Å². The average Bonchev–Trinajstić information content (AvgIpc) is 3.38. The van der Waals surface area contributed by atoms with Crippen LogP contribution in [0.3, 0.4) is 0 Å². The van der Waals surface area contributed by atoms with Crippen LogP contribution >= 0.6 is 11.6 Å². The van der Waals surface area contributed by atoms with E-state index in [0.29, 0.717) is 40.8 Å². The van der Waals surface area contributed by atoms with E-state index in [2.05, 4.69) is 15.5 Å². The lowest BCUT2D eigenvalue weighted by Gasteiger charge is -2.17. The number of carbonyl (C=O) groups excluding carboxylic acids is 2. The van der Waals surface area contributed by atoms with E-state index in [0.717, 1.165) is 16.5 Å². The SMILES string of the molecule is O=C(CCCN1C(=O)c2cccc3cccc1c23)NCc1nc(-c2ccccc2Cl)no1. The highest BCUT2D eigenvalue weighted by Gasteiger charge is 2.29. The highest BCUT2D eigenvalue weighted by molar-refractivity contribution is 6.33. The molecule has 0 saturated heterocycles. The minimum absolute atomic E-state index is 0.0184. The first-order valence-electron chi connectivity index (χ1n) is 10.3. The summed E-state index contributed by atoms with van der Waals surface area (Å²) in [4.78, 5) is 31.1. The summed E-state index contributed by atoms with van der Waals surface area (Å²) in [5.74, 6) is 0.506. The van der Waals surface area contributed by atoms with Crippen molar-refractivity contribution in [3.05, 3.63) is 77.1 Å². The van der Waals surface area contributed by atoms with Crippen molar-refractivity contribution < 1.29 is 14.1 Å². The molecule has 0 bridgehead atoms. The minimum Gasteiger partial charge on any atom is -0.347 e. The summed E-state index contributed by atoms with van der Waals surface area (Å²) in [6.07, 6.45) is 0.818. The zero-order chi connectivity index (χ0) is 22.1. The maximum Gasteiger partial charge on any atom is 0.258 e. The topological polar surface area (TPSA) is 88.3 Å². The van der Waals surface area contributed by atoms with Crippen molar-refractivity contribution in [3.63, 3.8) is 0 Å². The molecule has 0 saturated carbocycles. The van der Waals surface area contributed by atoms with Crippen LogP contribution in [0.2, 0.25) is 5.02 Å². The Kier molecular flexibility index (Phi) is 5.33. The summed E-state index contributed by atoms with van der Waals surface area (Å²) >= 11 is 6.15. The van der Waals surface area contributed by atoms with Crippen LogP contribution < -0.4 is 10.2 Å². The van der Waals surface area contributed by atoms with Gasteiger partial charge in [0.2, 0.25) is 17.6 Å². The fourth-order valence-corrected chi connectivity index (χ4v) is 4.16.